The van der Waals surface area contributed by atoms with Crippen molar-refractivity contribution in [1.29, 1.82) is 0 Å². The molecule has 0 aromatic heterocycles. The van der Waals surface area contributed by atoms with Gasteiger partial charge in [0, 0.05) is 18.4 Å². The van der Waals surface area contributed by atoms with Gasteiger partial charge in [-0.1, -0.05) is 30.3 Å². The molecule has 0 unspecified atom stereocenters. The highest BCUT2D eigenvalue weighted by Crippen LogP contribution is 2.23. The number of aryl methyl sites for hydroxylation is 2. The third-order valence-corrected chi connectivity index (χ3v) is 3.56. The topological polar surface area (TPSA) is 79.9 Å². The predicted molar refractivity (Wildman–Crippen MR) is 109 cm³/mol. The molecule has 0 saturated heterocycles. The molecule has 0 spiro atoms. The largest absolute Gasteiger partial charge is 0.507 e. The first-order chi connectivity index (χ1) is 11.0. The Morgan fingerprint density at radius 2 is 1.83 bits per heavy atom. The number of anilines is 1. The normalized spacial score (nSPS) is 11.0. The number of hydrogen-bond acceptors (Lipinski definition) is 3. The molecule has 2 aromatic rings. The molecule has 4 N–H and O–H groups in total. The molecular weight excluding hydrogens is 417 g/mol. The summed E-state index contributed by atoms with van der Waals surface area (Å²) in [5, 5.41) is 12.9. The van der Waals surface area contributed by atoms with Gasteiger partial charge in [0.2, 0.25) is 0 Å². The van der Waals surface area contributed by atoms with E-state index >= 15 is 0 Å². The number of para-hydroxylation sites is 1. The highest BCUT2D eigenvalue weighted by Gasteiger charge is 2.05. The summed E-state index contributed by atoms with van der Waals surface area (Å²) in [5.41, 5.74) is 10.6. The Hall–Kier alpha value is -1.80. The van der Waals surface area contributed by atoms with Crippen molar-refractivity contribution < 1.29 is 9.84 Å². The second-order valence-corrected chi connectivity index (χ2v) is 5.49. The second kappa shape index (κ2) is 9.48. The molecule has 0 atom stereocenters. The summed E-state index contributed by atoms with van der Waals surface area (Å²) in [6.07, 6.45) is 0. The second-order valence-electron chi connectivity index (χ2n) is 5.49. The number of nitrogens with zero attached hydrogens (tertiary/aromatic N) is 1. The number of rotatable bonds is 5. The Balaban J connectivity index is 0.00000288. The molecule has 0 fully saturated rings. The van der Waals surface area contributed by atoms with Crippen molar-refractivity contribution in [2.75, 3.05) is 12.4 Å². The molecule has 0 radical (unpaired) electrons. The number of ether oxygens (including phenoxy) is 1. The summed E-state index contributed by atoms with van der Waals surface area (Å²) < 4.78 is 5.17. The first kappa shape index (κ1) is 20.2. The van der Waals surface area contributed by atoms with Crippen LogP contribution in [0.25, 0.3) is 0 Å². The average Bonchev–Trinajstić information content (AvgIpc) is 2.52. The van der Waals surface area contributed by atoms with Crippen LogP contribution in [0.1, 0.15) is 22.3 Å². The minimum Gasteiger partial charge on any atom is -0.507 e. The lowest BCUT2D eigenvalue weighted by molar-refractivity contribution is 0.185. The lowest BCUT2D eigenvalue weighted by Crippen LogP contribution is -2.23. The lowest BCUT2D eigenvalue weighted by Gasteiger charge is -2.11. The van der Waals surface area contributed by atoms with Crippen molar-refractivity contribution in [3.63, 3.8) is 0 Å². The Kier molecular flexibility index (Phi) is 8.00. The summed E-state index contributed by atoms with van der Waals surface area (Å²) >= 11 is 0. The van der Waals surface area contributed by atoms with E-state index in [0.717, 1.165) is 27.9 Å². The van der Waals surface area contributed by atoms with E-state index in [1.54, 1.807) is 7.11 Å². The number of aromatic hydroxyl groups is 1. The Morgan fingerprint density at radius 1 is 1.21 bits per heavy atom. The van der Waals surface area contributed by atoms with Crippen LogP contribution in [0.2, 0.25) is 0 Å². The summed E-state index contributed by atoms with van der Waals surface area (Å²) in [6.45, 7) is 4.70. The first-order valence-corrected chi connectivity index (χ1v) is 7.44. The zero-order valence-corrected chi connectivity index (χ0v) is 16.5. The third kappa shape index (κ3) is 5.38. The monoisotopic (exact) mass is 441 g/mol. The van der Waals surface area contributed by atoms with Crippen LogP contribution in [0.3, 0.4) is 0 Å². The first-order valence-electron chi connectivity index (χ1n) is 7.44. The van der Waals surface area contributed by atoms with Crippen molar-refractivity contribution in [3.8, 4) is 5.75 Å². The number of nitrogens with two attached hydrogens (primary N) is 1. The number of phenolic OH excluding ortho intramolecular Hbond substituents is 1. The molecule has 5 nitrogen and oxygen atoms in total. The quantitative estimate of drug-likeness (QED) is 0.376. The van der Waals surface area contributed by atoms with E-state index in [1.165, 1.54) is 0 Å². The maximum absolute atomic E-state index is 9.80. The molecule has 0 heterocycles. The smallest absolute Gasteiger partial charge is 0.193 e. The van der Waals surface area contributed by atoms with Crippen molar-refractivity contribution in [2.45, 2.75) is 27.0 Å². The Labute approximate surface area is 160 Å². The van der Waals surface area contributed by atoms with Gasteiger partial charge in [0.05, 0.1) is 13.2 Å². The van der Waals surface area contributed by atoms with E-state index in [9.17, 15) is 5.11 Å². The fourth-order valence-corrected chi connectivity index (χ4v) is 2.41. The number of hydrogen-bond donors (Lipinski definition) is 3. The Bertz CT molecular complexity index is 694. The molecule has 130 valence electrons. The number of benzene rings is 2. The van der Waals surface area contributed by atoms with Crippen LogP contribution in [0, 0.1) is 13.8 Å². The number of phenols is 1. The van der Waals surface area contributed by atoms with E-state index in [1.807, 2.05) is 50.2 Å². The zero-order valence-electron chi connectivity index (χ0n) is 14.2. The maximum atomic E-state index is 9.80. The van der Waals surface area contributed by atoms with Crippen molar-refractivity contribution in [2.24, 2.45) is 10.7 Å². The molecule has 0 amide bonds. The van der Waals surface area contributed by atoms with Crippen LogP contribution in [0.4, 0.5) is 5.69 Å². The molecule has 0 saturated carbocycles. The maximum Gasteiger partial charge on any atom is 0.193 e. The van der Waals surface area contributed by atoms with E-state index < -0.39 is 0 Å². The van der Waals surface area contributed by atoms with Gasteiger partial charge >= 0.3 is 0 Å². The van der Waals surface area contributed by atoms with Gasteiger partial charge in [-0.25, -0.2) is 4.99 Å². The molecule has 0 aliphatic heterocycles. The number of halogens is 1. The van der Waals surface area contributed by atoms with Crippen LogP contribution >= 0.6 is 24.0 Å². The number of guanidine groups is 1. The molecule has 2 rings (SSSR count). The molecular formula is C18H24IN3O2. The van der Waals surface area contributed by atoms with Gasteiger partial charge in [-0.3, -0.25) is 0 Å². The molecule has 0 aliphatic rings. The molecule has 0 bridgehead atoms. The van der Waals surface area contributed by atoms with Gasteiger partial charge in [-0.15, -0.1) is 24.0 Å². The van der Waals surface area contributed by atoms with Crippen molar-refractivity contribution >= 4 is 35.6 Å². The Morgan fingerprint density at radius 3 is 2.46 bits per heavy atom. The van der Waals surface area contributed by atoms with Gasteiger partial charge in [0.15, 0.2) is 5.96 Å². The van der Waals surface area contributed by atoms with Crippen LogP contribution < -0.4 is 11.1 Å². The summed E-state index contributed by atoms with van der Waals surface area (Å²) in [6, 6.07) is 11.6. The zero-order chi connectivity index (χ0) is 16.8. The third-order valence-electron chi connectivity index (χ3n) is 3.56. The van der Waals surface area contributed by atoms with E-state index in [4.69, 9.17) is 10.5 Å². The van der Waals surface area contributed by atoms with Crippen LogP contribution in [0.5, 0.6) is 5.75 Å². The van der Waals surface area contributed by atoms with Crippen LogP contribution in [-0.4, -0.2) is 18.2 Å². The minimum atomic E-state index is 0. The number of nitrogens with one attached hydrogen (secondary N) is 1. The van der Waals surface area contributed by atoms with E-state index in [0.29, 0.717) is 24.9 Å². The summed E-state index contributed by atoms with van der Waals surface area (Å²) in [5.74, 6) is 0.675. The number of aliphatic imine (C=N–C) groups is 1. The molecule has 0 aliphatic carbocycles. The predicted octanol–water partition coefficient (Wildman–Crippen LogP) is 3.70. The fourth-order valence-electron chi connectivity index (χ4n) is 2.41. The lowest BCUT2D eigenvalue weighted by atomic mass is 10.1. The highest BCUT2D eigenvalue weighted by molar-refractivity contribution is 14.0. The van der Waals surface area contributed by atoms with Crippen molar-refractivity contribution in [3.05, 3.63) is 58.7 Å². The van der Waals surface area contributed by atoms with Crippen LogP contribution in [0.15, 0.2) is 41.4 Å². The summed E-state index contributed by atoms with van der Waals surface area (Å²) in [7, 11) is 1.66. The van der Waals surface area contributed by atoms with Gasteiger partial charge in [0.1, 0.15) is 5.75 Å². The van der Waals surface area contributed by atoms with Gasteiger partial charge < -0.3 is 20.9 Å². The highest BCUT2D eigenvalue weighted by atomic mass is 127. The van der Waals surface area contributed by atoms with E-state index in [-0.39, 0.29) is 24.0 Å². The molecule has 2 aromatic carbocycles. The van der Waals surface area contributed by atoms with Gasteiger partial charge in [0.25, 0.3) is 0 Å². The van der Waals surface area contributed by atoms with Crippen LogP contribution in [-0.2, 0) is 17.9 Å². The fraction of sp³-hybridized carbons (Fsp3) is 0.278. The number of methoxy groups -OCH3 is 1. The molecule has 24 heavy (non-hydrogen) atoms. The van der Waals surface area contributed by atoms with Gasteiger partial charge in [-0.2, -0.15) is 0 Å². The summed E-state index contributed by atoms with van der Waals surface area (Å²) in [4.78, 5) is 4.36. The van der Waals surface area contributed by atoms with Gasteiger partial charge in [-0.05, 0) is 36.6 Å². The minimum absolute atomic E-state index is 0. The van der Waals surface area contributed by atoms with E-state index in [2.05, 4.69) is 10.3 Å². The van der Waals surface area contributed by atoms with Crippen molar-refractivity contribution in [1.82, 2.24) is 0 Å². The average molecular weight is 441 g/mol. The standard InChI is InChI=1S/C18H23N3O2.HI/c1-12-8-14(9-13(2)17(12)22)10-20-18(19)21-16-7-5-4-6-15(16)11-23-3;/h4-9,22H,10-11H2,1-3H3,(H3,19,20,21);1H. The SMILES string of the molecule is COCc1ccccc1NC(N)=NCc1cc(C)c(O)c(C)c1.I. The molecule has 6 heteroatoms.